The quantitative estimate of drug-likeness (QED) is 0.437. The first-order valence-corrected chi connectivity index (χ1v) is 10.4. The predicted molar refractivity (Wildman–Crippen MR) is 122 cm³/mol. The minimum Gasteiger partial charge on any atom is -0.352 e. The highest BCUT2D eigenvalue weighted by Crippen LogP contribution is 2.18. The topological polar surface area (TPSA) is 76.0 Å². The van der Waals surface area contributed by atoms with Gasteiger partial charge in [0.1, 0.15) is 18.2 Å². The molecule has 4 aromatic rings. The molecule has 1 aromatic heterocycles. The van der Waals surface area contributed by atoms with Crippen molar-refractivity contribution in [1.82, 2.24) is 14.9 Å². The third-order valence-corrected chi connectivity index (χ3v) is 5.27. The lowest BCUT2D eigenvalue weighted by molar-refractivity contribution is -0.116. The van der Waals surface area contributed by atoms with Crippen molar-refractivity contribution in [2.24, 2.45) is 0 Å². The number of carbonyl (C=O) groups is 2. The third-order valence-electron chi connectivity index (χ3n) is 4.94. The van der Waals surface area contributed by atoms with Gasteiger partial charge in [-0.3, -0.25) is 9.59 Å². The fourth-order valence-electron chi connectivity index (χ4n) is 3.42. The van der Waals surface area contributed by atoms with E-state index in [0.717, 1.165) is 11.0 Å². The second-order valence-electron chi connectivity index (χ2n) is 7.12. The molecule has 4 rings (SSSR count). The molecule has 8 heteroatoms. The summed E-state index contributed by atoms with van der Waals surface area (Å²) in [4.78, 5) is 29.6. The van der Waals surface area contributed by atoms with Gasteiger partial charge in [0.05, 0.1) is 27.3 Å². The molecule has 0 unspecified atom stereocenters. The molecule has 2 amide bonds. The zero-order chi connectivity index (χ0) is 22.5. The van der Waals surface area contributed by atoms with Crippen LogP contribution in [-0.2, 0) is 17.8 Å². The summed E-state index contributed by atoms with van der Waals surface area (Å²) in [5.41, 5.74) is 2.03. The smallest absolute Gasteiger partial charge is 0.252 e. The molecule has 32 heavy (non-hydrogen) atoms. The molecule has 1 heterocycles. The Morgan fingerprint density at radius 1 is 0.969 bits per heavy atom. The highest BCUT2D eigenvalue weighted by molar-refractivity contribution is 6.33. The molecule has 0 saturated carbocycles. The van der Waals surface area contributed by atoms with Gasteiger partial charge in [0.2, 0.25) is 5.91 Å². The number of rotatable bonds is 7. The Hall–Kier alpha value is -3.71. The molecule has 0 atom stereocenters. The standard InChI is InChI=1S/C24H20ClFN4O2/c25-17-8-2-1-7-16(17)24(32)27-14-13-22-28-20-11-5-6-12-21(20)30(22)15-23(31)29-19-10-4-3-9-18(19)26/h1-12H,13-15H2,(H,27,32)(H,29,31). The van der Waals surface area contributed by atoms with Crippen molar-refractivity contribution in [3.8, 4) is 0 Å². The molecule has 0 radical (unpaired) electrons. The van der Waals surface area contributed by atoms with Gasteiger partial charge in [-0.15, -0.1) is 0 Å². The van der Waals surface area contributed by atoms with E-state index in [2.05, 4.69) is 15.6 Å². The number of hydrogen-bond donors (Lipinski definition) is 2. The number of fused-ring (bicyclic) bond motifs is 1. The van der Waals surface area contributed by atoms with Gasteiger partial charge in [-0.05, 0) is 36.4 Å². The van der Waals surface area contributed by atoms with E-state index in [1.807, 2.05) is 24.3 Å². The Bertz CT molecular complexity index is 1290. The summed E-state index contributed by atoms with van der Waals surface area (Å²) >= 11 is 6.08. The predicted octanol–water partition coefficient (Wildman–Crippen LogP) is 4.44. The Morgan fingerprint density at radius 2 is 1.69 bits per heavy atom. The number of halogens is 2. The Balaban J connectivity index is 1.49. The van der Waals surface area contributed by atoms with Crippen molar-refractivity contribution in [3.63, 3.8) is 0 Å². The molecule has 0 aliphatic carbocycles. The van der Waals surface area contributed by atoms with E-state index in [1.54, 1.807) is 41.0 Å². The molecule has 0 spiro atoms. The molecule has 3 aromatic carbocycles. The molecule has 0 aliphatic rings. The van der Waals surface area contributed by atoms with Crippen LogP contribution in [0.25, 0.3) is 11.0 Å². The van der Waals surface area contributed by atoms with Crippen LogP contribution in [0.15, 0.2) is 72.8 Å². The number of carbonyl (C=O) groups excluding carboxylic acids is 2. The van der Waals surface area contributed by atoms with E-state index < -0.39 is 5.82 Å². The zero-order valence-corrected chi connectivity index (χ0v) is 17.8. The maximum Gasteiger partial charge on any atom is 0.252 e. The minimum absolute atomic E-state index is 0.0390. The van der Waals surface area contributed by atoms with Crippen LogP contribution in [0.5, 0.6) is 0 Å². The molecule has 0 saturated heterocycles. The van der Waals surface area contributed by atoms with Gasteiger partial charge in [0.25, 0.3) is 5.91 Å². The number of benzene rings is 3. The molecule has 0 aliphatic heterocycles. The van der Waals surface area contributed by atoms with Crippen LogP contribution in [0, 0.1) is 5.82 Å². The molecule has 0 fully saturated rings. The number of imidazole rings is 1. The number of nitrogens with zero attached hydrogens (tertiary/aromatic N) is 2. The number of para-hydroxylation sites is 3. The van der Waals surface area contributed by atoms with Gasteiger partial charge >= 0.3 is 0 Å². The van der Waals surface area contributed by atoms with Crippen LogP contribution >= 0.6 is 11.6 Å². The van der Waals surface area contributed by atoms with E-state index in [1.165, 1.54) is 12.1 Å². The molecule has 162 valence electrons. The van der Waals surface area contributed by atoms with E-state index in [4.69, 9.17) is 11.6 Å². The molecule has 6 nitrogen and oxygen atoms in total. The number of anilines is 1. The summed E-state index contributed by atoms with van der Waals surface area (Å²) in [5.74, 6) is -0.525. The minimum atomic E-state index is -0.501. The first-order valence-electron chi connectivity index (χ1n) is 10.0. The summed E-state index contributed by atoms with van der Waals surface area (Å²) in [6.45, 7) is 0.269. The summed E-state index contributed by atoms with van der Waals surface area (Å²) in [6.07, 6.45) is 0.401. The van der Waals surface area contributed by atoms with E-state index >= 15 is 0 Å². The second-order valence-corrected chi connectivity index (χ2v) is 7.52. The van der Waals surface area contributed by atoms with Crippen molar-refractivity contribution in [3.05, 3.63) is 95.0 Å². The lowest BCUT2D eigenvalue weighted by Crippen LogP contribution is -2.27. The van der Waals surface area contributed by atoms with Gasteiger partial charge in [-0.2, -0.15) is 0 Å². The third kappa shape index (κ3) is 4.78. The van der Waals surface area contributed by atoms with Gasteiger partial charge in [0, 0.05) is 13.0 Å². The van der Waals surface area contributed by atoms with Crippen molar-refractivity contribution < 1.29 is 14.0 Å². The van der Waals surface area contributed by atoms with E-state index in [0.29, 0.717) is 29.4 Å². The van der Waals surface area contributed by atoms with Crippen LogP contribution in [-0.4, -0.2) is 27.9 Å². The normalized spacial score (nSPS) is 10.8. The zero-order valence-electron chi connectivity index (χ0n) is 17.0. The Morgan fingerprint density at radius 3 is 2.50 bits per heavy atom. The summed E-state index contributed by atoms with van der Waals surface area (Å²) < 4.78 is 15.7. The van der Waals surface area contributed by atoms with Gasteiger partial charge in [0.15, 0.2) is 0 Å². The van der Waals surface area contributed by atoms with Crippen molar-refractivity contribution in [1.29, 1.82) is 0 Å². The lowest BCUT2D eigenvalue weighted by atomic mass is 10.2. The van der Waals surface area contributed by atoms with Gasteiger partial charge in [-0.25, -0.2) is 9.37 Å². The SMILES string of the molecule is O=C(Cn1c(CCNC(=O)c2ccccc2Cl)nc2ccccc21)Nc1ccccc1F. The van der Waals surface area contributed by atoms with Crippen LogP contribution in [0.3, 0.4) is 0 Å². The van der Waals surface area contributed by atoms with Crippen LogP contribution < -0.4 is 10.6 Å². The highest BCUT2D eigenvalue weighted by atomic mass is 35.5. The molecular formula is C24H20ClFN4O2. The lowest BCUT2D eigenvalue weighted by Gasteiger charge is -2.11. The van der Waals surface area contributed by atoms with E-state index in [-0.39, 0.29) is 24.0 Å². The second kappa shape index (κ2) is 9.62. The van der Waals surface area contributed by atoms with E-state index in [9.17, 15) is 14.0 Å². The van der Waals surface area contributed by atoms with Crippen molar-refractivity contribution in [2.75, 3.05) is 11.9 Å². The Kier molecular flexibility index (Phi) is 6.47. The number of nitrogens with one attached hydrogen (secondary N) is 2. The number of hydrogen-bond acceptors (Lipinski definition) is 3. The van der Waals surface area contributed by atoms with Crippen LogP contribution in [0.1, 0.15) is 16.2 Å². The largest absolute Gasteiger partial charge is 0.352 e. The molecule has 0 bridgehead atoms. The molecular weight excluding hydrogens is 431 g/mol. The summed E-state index contributed by atoms with van der Waals surface area (Å²) in [5, 5.41) is 5.81. The number of aromatic nitrogens is 2. The fourth-order valence-corrected chi connectivity index (χ4v) is 3.64. The first-order chi connectivity index (χ1) is 15.5. The molecule has 2 N–H and O–H groups in total. The Labute approximate surface area is 189 Å². The van der Waals surface area contributed by atoms with Crippen LogP contribution in [0.2, 0.25) is 5.02 Å². The van der Waals surface area contributed by atoms with Crippen molar-refractivity contribution in [2.45, 2.75) is 13.0 Å². The maximum atomic E-state index is 13.9. The van der Waals surface area contributed by atoms with Crippen molar-refractivity contribution >= 4 is 40.1 Å². The summed E-state index contributed by atoms with van der Waals surface area (Å²) in [7, 11) is 0. The average molecular weight is 451 g/mol. The van der Waals surface area contributed by atoms with Gasteiger partial charge in [-0.1, -0.05) is 48.0 Å². The van der Waals surface area contributed by atoms with Crippen LogP contribution in [0.4, 0.5) is 10.1 Å². The maximum absolute atomic E-state index is 13.9. The number of amides is 2. The summed E-state index contributed by atoms with van der Waals surface area (Å²) in [6, 6.07) is 20.3. The van der Waals surface area contributed by atoms with Gasteiger partial charge < -0.3 is 15.2 Å². The average Bonchev–Trinajstić information content (AvgIpc) is 3.13. The highest BCUT2D eigenvalue weighted by Gasteiger charge is 2.15. The monoisotopic (exact) mass is 450 g/mol. The first kappa shape index (κ1) is 21.5. The fraction of sp³-hybridized carbons (Fsp3) is 0.125.